The summed E-state index contributed by atoms with van der Waals surface area (Å²) < 4.78 is 26.5. The van der Waals surface area contributed by atoms with Crippen LogP contribution in [0, 0.1) is 11.8 Å². The quantitative estimate of drug-likeness (QED) is 0.0423. The molecule has 1 aromatic rings. The predicted octanol–water partition coefficient (Wildman–Crippen LogP) is -0.117. The van der Waals surface area contributed by atoms with Gasteiger partial charge in [-0.3, -0.25) is 38.4 Å². The Morgan fingerprint density at radius 3 is 1.68 bits per heavy atom. The number of ketones is 1. The molecule has 0 spiro atoms. The van der Waals surface area contributed by atoms with E-state index in [9.17, 15) is 38.4 Å². The Morgan fingerprint density at radius 2 is 1.16 bits per heavy atom. The second-order valence-corrected chi connectivity index (χ2v) is 13.4. The fourth-order valence-electron chi connectivity index (χ4n) is 4.61. The van der Waals surface area contributed by atoms with Gasteiger partial charge in [-0.25, -0.2) is 0 Å². The van der Waals surface area contributed by atoms with Gasteiger partial charge in [0.05, 0.1) is 65.9 Å². The molecule has 0 saturated heterocycles. The monoisotopic (exact) mass is 808 g/mol. The maximum atomic E-state index is 12.9. The number of anilines is 1. The molecule has 19 nitrogen and oxygen atoms in total. The van der Waals surface area contributed by atoms with Crippen LogP contribution in [0.4, 0.5) is 5.69 Å². The second kappa shape index (κ2) is 29.3. The minimum Gasteiger partial charge on any atom is -0.461 e. The van der Waals surface area contributed by atoms with Crippen molar-refractivity contribution in [3.8, 4) is 0 Å². The molecule has 7 N–H and O–H groups in total. The maximum Gasteiger partial charge on any atom is 0.302 e. The molecule has 0 radical (unpaired) electrons. The van der Waals surface area contributed by atoms with Crippen LogP contribution in [0.5, 0.6) is 0 Å². The maximum absolute atomic E-state index is 12.9. The van der Waals surface area contributed by atoms with E-state index in [1.807, 2.05) is 13.8 Å². The van der Waals surface area contributed by atoms with Crippen molar-refractivity contribution in [2.45, 2.75) is 79.0 Å². The van der Waals surface area contributed by atoms with E-state index < -0.39 is 66.0 Å². The van der Waals surface area contributed by atoms with E-state index in [2.05, 4.69) is 26.6 Å². The van der Waals surface area contributed by atoms with Gasteiger partial charge in [-0.1, -0.05) is 39.8 Å². The van der Waals surface area contributed by atoms with Crippen molar-refractivity contribution < 1.29 is 62.0 Å². The molecule has 0 aliphatic carbocycles. The van der Waals surface area contributed by atoms with Crippen molar-refractivity contribution >= 4 is 52.9 Å². The summed E-state index contributed by atoms with van der Waals surface area (Å²) in [5.41, 5.74) is 6.42. The fourth-order valence-corrected chi connectivity index (χ4v) is 4.61. The molecule has 2 unspecified atom stereocenters. The zero-order valence-corrected chi connectivity index (χ0v) is 33.6. The third-order valence-electron chi connectivity index (χ3n) is 7.85. The van der Waals surface area contributed by atoms with Gasteiger partial charge in [0.25, 0.3) is 0 Å². The van der Waals surface area contributed by atoms with Gasteiger partial charge in [-0.15, -0.1) is 0 Å². The number of hydrogen-bond donors (Lipinski definition) is 6. The molecule has 19 heteroatoms. The molecular weight excluding hydrogens is 748 g/mol. The van der Waals surface area contributed by atoms with Crippen LogP contribution in [-0.2, 0) is 68.6 Å². The van der Waals surface area contributed by atoms with Crippen molar-refractivity contribution in [1.82, 2.24) is 21.3 Å². The van der Waals surface area contributed by atoms with Crippen molar-refractivity contribution in [1.29, 1.82) is 0 Å². The van der Waals surface area contributed by atoms with Crippen LogP contribution in [0.15, 0.2) is 24.3 Å². The number of primary amides is 1. The number of rotatable bonds is 31. The number of carbonyl (C=O) groups excluding carboxylic acids is 8. The van der Waals surface area contributed by atoms with Crippen LogP contribution in [0.1, 0.15) is 65.9 Å². The summed E-state index contributed by atoms with van der Waals surface area (Å²) in [5, 5.41) is 12.6. The van der Waals surface area contributed by atoms with Crippen LogP contribution in [-0.4, -0.2) is 125 Å². The number of benzene rings is 1. The minimum absolute atomic E-state index is 0.00481. The summed E-state index contributed by atoms with van der Waals surface area (Å²) in [6.45, 7) is 9.81. The normalized spacial score (nSPS) is 12.0. The summed E-state index contributed by atoms with van der Waals surface area (Å²) in [4.78, 5) is 97.4. The van der Waals surface area contributed by atoms with E-state index in [0.29, 0.717) is 45.1 Å². The zero-order valence-electron chi connectivity index (χ0n) is 33.6. The first-order valence-corrected chi connectivity index (χ1v) is 18.9. The Hall–Kier alpha value is -4.98. The number of Topliss-reactive ketones (excluding diaryl/α,β-unsaturated/α-hetero) is 1. The molecule has 1 rings (SSSR count). The van der Waals surface area contributed by atoms with Gasteiger partial charge in [-0.2, -0.15) is 0 Å². The summed E-state index contributed by atoms with van der Waals surface area (Å²) >= 11 is 0. The van der Waals surface area contributed by atoms with Gasteiger partial charge < -0.3 is 56.0 Å². The van der Waals surface area contributed by atoms with E-state index in [0.717, 1.165) is 5.56 Å². The Morgan fingerprint density at radius 1 is 0.632 bits per heavy atom. The SMILES string of the molecule is CC(=O)OCc1ccc(NC(=O)CNC(=O)C(NC(=O)CNC(=O)C(CCC(N)=O)NC(=O)CCOCCOCCOCCOCCC(=O)C(C)C)C(C)C)cc1. The number of ether oxygens (including phenoxy) is 5. The fraction of sp³-hybridized carbons (Fsp3) is 0.632. The van der Waals surface area contributed by atoms with E-state index in [1.54, 1.807) is 38.1 Å². The third-order valence-corrected chi connectivity index (χ3v) is 7.85. The second-order valence-electron chi connectivity index (χ2n) is 13.4. The van der Waals surface area contributed by atoms with Gasteiger partial charge in [0.2, 0.25) is 35.4 Å². The number of hydrogen-bond acceptors (Lipinski definition) is 13. The summed E-state index contributed by atoms with van der Waals surface area (Å²) in [7, 11) is 0. The van der Waals surface area contributed by atoms with Gasteiger partial charge >= 0.3 is 5.97 Å². The largest absolute Gasteiger partial charge is 0.461 e. The number of carbonyl (C=O) groups is 8. The van der Waals surface area contributed by atoms with Crippen molar-refractivity contribution in [3.05, 3.63) is 29.8 Å². The molecule has 320 valence electrons. The van der Waals surface area contributed by atoms with Gasteiger partial charge in [-0.05, 0) is 30.0 Å². The topological polar surface area (TPSA) is 269 Å². The molecule has 2 atom stereocenters. The number of nitrogens with one attached hydrogen (secondary N) is 5. The van der Waals surface area contributed by atoms with E-state index >= 15 is 0 Å². The van der Waals surface area contributed by atoms with Crippen molar-refractivity contribution in [2.75, 3.05) is 71.3 Å². The number of nitrogens with two attached hydrogens (primary N) is 1. The molecule has 0 aromatic heterocycles. The lowest BCUT2D eigenvalue weighted by molar-refractivity contribution is -0.142. The van der Waals surface area contributed by atoms with Gasteiger partial charge in [0.1, 0.15) is 24.5 Å². The van der Waals surface area contributed by atoms with Crippen molar-refractivity contribution in [3.63, 3.8) is 0 Å². The first kappa shape index (κ1) is 50.0. The highest BCUT2D eigenvalue weighted by Crippen LogP contribution is 2.11. The first-order valence-electron chi connectivity index (χ1n) is 18.9. The molecule has 0 bridgehead atoms. The lowest BCUT2D eigenvalue weighted by atomic mass is 10.0. The van der Waals surface area contributed by atoms with Gasteiger partial charge in [0.15, 0.2) is 0 Å². The standard InChI is InChI=1S/C38H60N6O13/c1-25(2)31(46)12-14-53-16-18-55-20-21-56-19-17-54-15-13-33(48)43-30(10-11-32(39)47)37(51)40-23-35(50)44-36(26(3)4)38(52)41-22-34(49)42-29-8-6-28(7-9-29)24-57-27(5)45/h6-9,25-26,30,36H,10-24H2,1-5H3,(H2,39,47)(H,40,51)(H,41,52)(H,42,49)(H,43,48)(H,44,50). The highest BCUT2D eigenvalue weighted by atomic mass is 16.6. The average Bonchev–Trinajstić information content (AvgIpc) is 3.16. The lowest BCUT2D eigenvalue weighted by Gasteiger charge is -2.22. The first-order chi connectivity index (χ1) is 27.1. The van der Waals surface area contributed by atoms with Gasteiger partial charge in [0, 0.05) is 37.8 Å². The molecule has 0 aliphatic rings. The molecule has 0 aliphatic heterocycles. The zero-order chi connectivity index (χ0) is 42.6. The van der Waals surface area contributed by atoms with Crippen LogP contribution in [0.2, 0.25) is 0 Å². The molecule has 0 fully saturated rings. The Bertz CT molecular complexity index is 1440. The van der Waals surface area contributed by atoms with Crippen molar-refractivity contribution in [2.24, 2.45) is 17.6 Å². The Balaban J connectivity index is 2.39. The van der Waals surface area contributed by atoms with E-state index in [4.69, 9.17) is 29.4 Å². The Kier molecular flexibility index (Phi) is 25.7. The average molecular weight is 809 g/mol. The summed E-state index contributed by atoms with van der Waals surface area (Å²) in [6.07, 6.45) is -0.0438. The van der Waals surface area contributed by atoms with Crippen LogP contribution >= 0.6 is 0 Å². The smallest absolute Gasteiger partial charge is 0.302 e. The molecule has 6 amide bonds. The summed E-state index contributed by atoms with van der Waals surface area (Å²) in [5.74, 6) is -4.49. The Labute approximate surface area is 333 Å². The minimum atomic E-state index is -1.18. The van der Waals surface area contributed by atoms with E-state index in [1.165, 1.54) is 6.92 Å². The van der Waals surface area contributed by atoms with E-state index in [-0.39, 0.29) is 63.9 Å². The molecule has 0 heterocycles. The molecule has 57 heavy (non-hydrogen) atoms. The number of esters is 1. The highest BCUT2D eigenvalue weighted by molar-refractivity contribution is 5.96. The van der Waals surface area contributed by atoms with Crippen LogP contribution in [0.25, 0.3) is 0 Å². The number of amides is 6. The molecule has 0 saturated carbocycles. The highest BCUT2D eigenvalue weighted by Gasteiger charge is 2.26. The van der Waals surface area contributed by atoms with Crippen LogP contribution in [0.3, 0.4) is 0 Å². The molecule has 1 aromatic carbocycles. The predicted molar refractivity (Wildman–Crippen MR) is 206 cm³/mol. The lowest BCUT2D eigenvalue weighted by Crippen LogP contribution is -2.54. The molecular formula is C38H60N6O13. The summed E-state index contributed by atoms with van der Waals surface area (Å²) in [6, 6.07) is 4.35. The van der Waals surface area contributed by atoms with Crippen LogP contribution < -0.4 is 32.3 Å². The third kappa shape index (κ3) is 25.0.